The molecule has 0 saturated heterocycles. The van der Waals surface area contributed by atoms with Gasteiger partial charge in [-0.15, -0.1) is 0 Å². The molecule has 4 nitrogen and oxygen atoms in total. The first-order chi connectivity index (χ1) is 8.99. The lowest BCUT2D eigenvalue weighted by atomic mass is 10.0. The average Bonchev–Trinajstić information content (AvgIpc) is 2.37. The van der Waals surface area contributed by atoms with Crippen LogP contribution in [0, 0.1) is 0 Å². The molecule has 0 radical (unpaired) electrons. The topological polar surface area (TPSA) is 55.4 Å². The summed E-state index contributed by atoms with van der Waals surface area (Å²) < 4.78 is 30.2. The number of sulfonamides is 1. The highest BCUT2D eigenvalue weighted by atomic mass is 32.2. The molecule has 0 aromatic heterocycles. The van der Waals surface area contributed by atoms with Crippen LogP contribution in [0.3, 0.4) is 0 Å². The fourth-order valence-electron chi connectivity index (χ4n) is 1.82. The third-order valence-electron chi connectivity index (χ3n) is 2.59. The molecule has 2 rings (SSSR count). The zero-order valence-corrected chi connectivity index (χ0v) is 11.6. The maximum Gasteiger partial charge on any atom is 0.229 e. The molecule has 0 spiro atoms. The predicted octanol–water partition coefficient (Wildman–Crippen LogP) is 2.73. The van der Waals surface area contributed by atoms with Gasteiger partial charge >= 0.3 is 0 Å². The van der Waals surface area contributed by atoms with Crippen molar-refractivity contribution < 1.29 is 13.2 Å². The molecule has 2 aromatic carbocycles. The van der Waals surface area contributed by atoms with Gasteiger partial charge in [-0.05, 0) is 17.7 Å². The number of rotatable bonds is 4. The Labute approximate surface area is 113 Å². The van der Waals surface area contributed by atoms with Crippen molar-refractivity contribution in [2.24, 2.45) is 0 Å². The van der Waals surface area contributed by atoms with Crippen LogP contribution in [0.25, 0.3) is 11.1 Å². The maximum atomic E-state index is 11.2. The molecule has 0 unspecified atom stereocenters. The van der Waals surface area contributed by atoms with Crippen molar-refractivity contribution >= 4 is 15.7 Å². The minimum absolute atomic E-state index is 0.485. The third-order valence-corrected chi connectivity index (χ3v) is 3.20. The van der Waals surface area contributed by atoms with Gasteiger partial charge in [0, 0.05) is 11.6 Å². The van der Waals surface area contributed by atoms with E-state index in [0.717, 1.165) is 17.4 Å². The second-order valence-corrected chi connectivity index (χ2v) is 5.90. The number of ether oxygens (including phenoxy) is 1. The van der Waals surface area contributed by atoms with Gasteiger partial charge in [-0.3, -0.25) is 4.72 Å². The van der Waals surface area contributed by atoms with Crippen LogP contribution in [0.15, 0.2) is 48.5 Å². The van der Waals surface area contributed by atoms with E-state index in [1.165, 1.54) is 0 Å². The number of benzene rings is 2. The molecule has 0 heterocycles. The van der Waals surface area contributed by atoms with Crippen molar-refractivity contribution in [2.75, 3.05) is 18.1 Å². The summed E-state index contributed by atoms with van der Waals surface area (Å²) in [4.78, 5) is 0. The van der Waals surface area contributed by atoms with E-state index in [0.29, 0.717) is 11.4 Å². The lowest BCUT2D eigenvalue weighted by Crippen LogP contribution is -2.09. The van der Waals surface area contributed by atoms with Crippen LogP contribution < -0.4 is 9.46 Å². The number of hydrogen-bond acceptors (Lipinski definition) is 3. The summed E-state index contributed by atoms with van der Waals surface area (Å²) in [6.07, 6.45) is 1.12. The standard InChI is InChI=1S/C14H15NO3S/c1-18-14-10-12(15-19(2,16)17)8-9-13(14)11-6-4-3-5-7-11/h3-10,15H,1-2H3. The summed E-state index contributed by atoms with van der Waals surface area (Å²) in [6, 6.07) is 15.0. The van der Waals surface area contributed by atoms with Crippen molar-refractivity contribution in [3.05, 3.63) is 48.5 Å². The van der Waals surface area contributed by atoms with Crippen LogP contribution in [0.4, 0.5) is 5.69 Å². The van der Waals surface area contributed by atoms with Gasteiger partial charge in [0.2, 0.25) is 10.0 Å². The van der Waals surface area contributed by atoms with E-state index < -0.39 is 10.0 Å². The molecular formula is C14H15NO3S. The summed E-state index contributed by atoms with van der Waals surface area (Å²) in [5.41, 5.74) is 2.42. The number of methoxy groups -OCH3 is 1. The number of nitrogens with one attached hydrogen (secondary N) is 1. The first kappa shape index (κ1) is 13.4. The highest BCUT2D eigenvalue weighted by molar-refractivity contribution is 7.92. The monoisotopic (exact) mass is 277 g/mol. The molecule has 1 N–H and O–H groups in total. The Kier molecular flexibility index (Phi) is 3.76. The minimum Gasteiger partial charge on any atom is -0.496 e. The van der Waals surface area contributed by atoms with E-state index >= 15 is 0 Å². The van der Waals surface area contributed by atoms with Crippen LogP contribution in [-0.2, 0) is 10.0 Å². The van der Waals surface area contributed by atoms with Crippen molar-refractivity contribution in [1.29, 1.82) is 0 Å². The lowest BCUT2D eigenvalue weighted by Gasteiger charge is -2.11. The lowest BCUT2D eigenvalue weighted by molar-refractivity contribution is 0.416. The first-order valence-corrected chi connectivity index (χ1v) is 7.60. The largest absolute Gasteiger partial charge is 0.496 e. The minimum atomic E-state index is -3.29. The van der Waals surface area contributed by atoms with E-state index in [9.17, 15) is 8.42 Å². The molecule has 0 aliphatic carbocycles. The van der Waals surface area contributed by atoms with Gasteiger partial charge in [-0.2, -0.15) is 0 Å². The van der Waals surface area contributed by atoms with Crippen molar-refractivity contribution in [3.63, 3.8) is 0 Å². The maximum absolute atomic E-state index is 11.2. The Bertz CT molecular complexity index is 666. The van der Waals surface area contributed by atoms with E-state index in [-0.39, 0.29) is 0 Å². The summed E-state index contributed by atoms with van der Waals surface area (Å²) in [5.74, 6) is 0.625. The average molecular weight is 277 g/mol. The third kappa shape index (κ3) is 3.48. The molecular weight excluding hydrogens is 262 g/mol. The van der Waals surface area contributed by atoms with Gasteiger partial charge in [0.05, 0.1) is 19.1 Å². The highest BCUT2D eigenvalue weighted by Crippen LogP contribution is 2.32. The Morgan fingerprint density at radius 3 is 2.32 bits per heavy atom. The summed E-state index contributed by atoms with van der Waals surface area (Å²) in [6.45, 7) is 0. The van der Waals surface area contributed by atoms with E-state index in [2.05, 4.69) is 4.72 Å². The molecule has 2 aromatic rings. The summed E-state index contributed by atoms with van der Waals surface area (Å²) in [7, 11) is -1.72. The molecule has 0 saturated carbocycles. The van der Waals surface area contributed by atoms with Crippen LogP contribution in [0.5, 0.6) is 5.75 Å². The van der Waals surface area contributed by atoms with Gasteiger partial charge in [0.1, 0.15) is 5.75 Å². The smallest absolute Gasteiger partial charge is 0.229 e. The predicted molar refractivity (Wildman–Crippen MR) is 76.9 cm³/mol. The summed E-state index contributed by atoms with van der Waals surface area (Å²) >= 11 is 0. The fraction of sp³-hybridized carbons (Fsp3) is 0.143. The molecule has 100 valence electrons. The fourth-order valence-corrected chi connectivity index (χ4v) is 2.38. The van der Waals surface area contributed by atoms with Crippen molar-refractivity contribution in [2.45, 2.75) is 0 Å². The van der Waals surface area contributed by atoms with Crippen LogP contribution in [0.2, 0.25) is 0 Å². The highest BCUT2D eigenvalue weighted by Gasteiger charge is 2.08. The number of anilines is 1. The van der Waals surface area contributed by atoms with E-state index in [1.807, 2.05) is 36.4 Å². The van der Waals surface area contributed by atoms with Gasteiger partial charge in [0.15, 0.2) is 0 Å². The Balaban J connectivity index is 2.43. The summed E-state index contributed by atoms with van der Waals surface area (Å²) in [5, 5.41) is 0. The quantitative estimate of drug-likeness (QED) is 0.935. The Morgan fingerprint density at radius 1 is 1.05 bits per heavy atom. The SMILES string of the molecule is COc1cc(NS(C)(=O)=O)ccc1-c1ccccc1. The zero-order chi connectivity index (χ0) is 13.9. The molecule has 0 fully saturated rings. The molecule has 0 aliphatic heterocycles. The van der Waals surface area contributed by atoms with Crippen LogP contribution in [-0.4, -0.2) is 21.8 Å². The normalized spacial score (nSPS) is 11.1. The van der Waals surface area contributed by atoms with Crippen LogP contribution >= 0.6 is 0 Å². The second-order valence-electron chi connectivity index (χ2n) is 4.16. The van der Waals surface area contributed by atoms with Gasteiger partial charge in [0.25, 0.3) is 0 Å². The Hall–Kier alpha value is -2.01. The zero-order valence-electron chi connectivity index (χ0n) is 10.8. The van der Waals surface area contributed by atoms with Crippen LogP contribution in [0.1, 0.15) is 0 Å². The van der Waals surface area contributed by atoms with Crippen molar-refractivity contribution in [3.8, 4) is 16.9 Å². The number of hydrogen-bond donors (Lipinski definition) is 1. The molecule has 0 aliphatic rings. The molecule has 5 heteroatoms. The van der Waals surface area contributed by atoms with Gasteiger partial charge in [-0.1, -0.05) is 30.3 Å². The Morgan fingerprint density at radius 2 is 1.74 bits per heavy atom. The molecule has 0 bridgehead atoms. The van der Waals surface area contributed by atoms with E-state index in [4.69, 9.17) is 4.74 Å². The first-order valence-electron chi connectivity index (χ1n) is 5.71. The van der Waals surface area contributed by atoms with Gasteiger partial charge in [-0.25, -0.2) is 8.42 Å². The second kappa shape index (κ2) is 5.32. The molecule has 0 amide bonds. The van der Waals surface area contributed by atoms with Crippen molar-refractivity contribution in [1.82, 2.24) is 0 Å². The molecule has 19 heavy (non-hydrogen) atoms. The van der Waals surface area contributed by atoms with E-state index in [1.54, 1.807) is 19.2 Å². The molecule has 0 atom stereocenters. The van der Waals surface area contributed by atoms with Gasteiger partial charge < -0.3 is 4.74 Å².